The van der Waals surface area contributed by atoms with Crippen molar-refractivity contribution in [2.75, 3.05) is 0 Å². The lowest BCUT2D eigenvalue weighted by atomic mass is 10.0. The van der Waals surface area contributed by atoms with Crippen LogP contribution in [0, 0.1) is 6.92 Å². The fourth-order valence-corrected chi connectivity index (χ4v) is 4.16. The summed E-state index contributed by atoms with van der Waals surface area (Å²) in [6.07, 6.45) is -0.216. The molecule has 0 aliphatic heterocycles. The van der Waals surface area contributed by atoms with E-state index in [4.69, 9.17) is 4.74 Å². The fourth-order valence-electron chi connectivity index (χ4n) is 3.36. The number of rotatable bonds is 8. The second-order valence-electron chi connectivity index (χ2n) is 8.10. The van der Waals surface area contributed by atoms with Crippen LogP contribution in [0.4, 0.5) is 0 Å². The Labute approximate surface area is 201 Å². The van der Waals surface area contributed by atoms with Crippen LogP contribution in [0.5, 0.6) is 0 Å². The van der Waals surface area contributed by atoms with Gasteiger partial charge in [-0.15, -0.1) is 21.5 Å². The van der Waals surface area contributed by atoms with Gasteiger partial charge < -0.3 is 10.1 Å². The number of tetrazole rings is 1. The van der Waals surface area contributed by atoms with Gasteiger partial charge in [0.25, 0.3) is 0 Å². The van der Waals surface area contributed by atoms with Crippen molar-refractivity contribution in [2.24, 2.45) is 0 Å². The average molecular weight is 476 g/mol. The molecule has 174 valence electrons. The third-order valence-corrected chi connectivity index (χ3v) is 5.92. The molecule has 34 heavy (non-hydrogen) atoms. The van der Waals surface area contributed by atoms with Gasteiger partial charge in [0.2, 0.25) is 11.7 Å². The molecule has 0 saturated heterocycles. The summed E-state index contributed by atoms with van der Waals surface area (Å²) in [5.41, 5.74) is 3.16. The summed E-state index contributed by atoms with van der Waals surface area (Å²) in [5.74, 6) is -0.336. The van der Waals surface area contributed by atoms with E-state index in [-0.39, 0.29) is 24.6 Å². The minimum absolute atomic E-state index is 0.0875. The monoisotopic (exact) mass is 475 g/mol. The lowest BCUT2D eigenvalue weighted by molar-refractivity contribution is -0.122. The molecular formula is C25H25N5O3S. The van der Waals surface area contributed by atoms with Crippen LogP contribution in [0.25, 0.3) is 11.4 Å². The van der Waals surface area contributed by atoms with Crippen molar-refractivity contribution < 1.29 is 14.3 Å². The average Bonchev–Trinajstić information content (AvgIpc) is 3.50. The number of hydrogen-bond donors (Lipinski definition) is 1. The third kappa shape index (κ3) is 5.74. The zero-order valence-corrected chi connectivity index (χ0v) is 20.0. The molecule has 2 aromatic carbocycles. The zero-order valence-electron chi connectivity index (χ0n) is 19.1. The molecule has 2 heterocycles. The first-order chi connectivity index (χ1) is 16.4. The van der Waals surface area contributed by atoms with Crippen molar-refractivity contribution in [1.82, 2.24) is 25.5 Å². The predicted molar refractivity (Wildman–Crippen MR) is 129 cm³/mol. The molecule has 1 unspecified atom stereocenters. The van der Waals surface area contributed by atoms with Crippen molar-refractivity contribution in [3.63, 3.8) is 0 Å². The minimum Gasteiger partial charge on any atom is -0.459 e. The first-order valence-electron chi connectivity index (χ1n) is 10.9. The van der Waals surface area contributed by atoms with Gasteiger partial charge in [-0.1, -0.05) is 48.0 Å². The van der Waals surface area contributed by atoms with Gasteiger partial charge in [-0.25, -0.2) is 4.79 Å². The van der Waals surface area contributed by atoms with E-state index in [1.807, 2.05) is 48.7 Å². The standard InChI is InChI=1S/C25H25N5O3S/c1-16(2)33-25(32)20-7-4-6-19(14-20)24-27-29-30(28-24)15-22(31)26-23(21-8-5-13-34-21)18-11-9-17(3)10-12-18/h4-14,16,23H,15H2,1-3H3,(H,26,31). The Balaban J connectivity index is 1.47. The summed E-state index contributed by atoms with van der Waals surface area (Å²) in [5, 5.41) is 17.4. The van der Waals surface area contributed by atoms with Crippen molar-refractivity contribution in [3.05, 3.63) is 87.6 Å². The van der Waals surface area contributed by atoms with E-state index < -0.39 is 5.97 Å². The van der Waals surface area contributed by atoms with Gasteiger partial charge in [-0.3, -0.25) is 4.79 Å². The highest BCUT2D eigenvalue weighted by molar-refractivity contribution is 7.10. The maximum Gasteiger partial charge on any atom is 0.338 e. The summed E-state index contributed by atoms with van der Waals surface area (Å²) in [6.45, 7) is 5.53. The first kappa shape index (κ1) is 23.3. The Bertz CT molecular complexity index is 1270. The second kappa shape index (κ2) is 10.4. The van der Waals surface area contributed by atoms with Crippen molar-refractivity contribution in [3.8, 4) is 11.4 Å². The van der Waals surface area contributed by atoms with E-state index in [1.165, 1.54) is 4.80 Å². The lowest BCUT2D eigenvalue weighted by Crippen LogP contribution is -2.32. The van der Waals surface area contributed by atoms with Crippen molar-refractivity contribution in [2.45, 2.75) is 39.5 Å². The molecule has 0 spiro atoms. The van der Waals surface area contributed by atoms with Gasteiger partial charge in [0.05, 0.1) is 17.7 Å². The predicted octanol–water partition coefficient (Wildman–Crippen LogP) is 4.18. The molecule has 0 bridgehead atoms. The molecule has 0 aliphatic rings. The molecule has 1 amide bonds. The topological polar surface area (TPSA) is 99.0 Å². The number of carbonyl (C=O) groups is 2. The smallest absolute Gasteiger partial charge is 0.338 e. The van der Waals surface area contributed by atoms with E-state index in [9.17, 15) is 9.59 Å². The fraction of sp³-hybridized carbons (Fsp3) is 0.240. The SMILES string of the molecule is Cc1ccc(C(NC(=O)Cn2nnc(-c3cccc(C(=O)OC(C)C)c3)n2)c2cccs2)cc1. The number of amides is 1. The van der Waals surface area contributed by atoms with E-state index in [1.54, 1.807) is 49.4 Å². The molecule has 2 aromatic heterocycles. The summed E-state index contributed by atoms with van der Waals surface area (Å²) in [6, 6.07) is 18.6. The lowest BCUT2D eigenvalue weighted by Gasteiger charge is -2.18. The number of thiophene rings is 1. The Kier molecular flexibility index (Phi) is 7.12. The van der Waals surface area contributed by atoms with Crippen molar-refractivity contribution >= 4 is 23.2 Å². The van der Waals surface area contributed by atoms with Gasteiger partial charge in [-0.05, 0) is 55.1 Å². The molecule has 8 nitrogen and oxygen atoms in total. The van der Waals surface area contributed by atoms with Gasteiger partial charge in [0.1, 0.15) is 6.54 Å². The number of nitrogens with zero attached hydrogens (tertiary/aromatic N) is 4. The molecule has 4 aromatic rings. The van der Waals surface area contributed by atoms with Gasteiger partial charge in [0.15, 0.2) is 0 Å². The molecule has 0 radical (unpaired) electrons. The van der Waals surface area contributed by atoms with Crippen LogP contribution in [-0.2, 0) is 16.1 Å². The van der Waals surface area contributed by atoms with Crippen LogP contribution >= 0.6 is 11.3 Å². The van der Waals surface area contributed by atoms with E-state index in [2.05, 4.69) is 20.7 Å². The third-order valence-electron chi connectivity index (χ3n) is 4.98. The molecular weight excluding hydrogens is 450 g/mol. The highest BCUT2D eigenvalue weighted by Gasteiger charge is 2.19. The van der Waals surface area contributed by atoms with Gasteiger partial charge in [0, 0.05) is 10.4 Å². The minimum atomic E-state index is -0.417. The number of ether oxygens (including phenoxy) is 1. The summed E-state index contributed by atoms with van der Waals surface area (Å²) < 4.78 is 5.24. The number of hydrogen-bond acceptors (Lipinski definition) is 7. The Morgan fingerprint density at radius 2 is 1.88 bits per heavy atom. The number of nitrogens with one attached hydrogen (secondary N) is 1. The molecule has 9 heteroatoms. The Morgan fingerprint density at radius 3 is 2.59 bits per heavy atom. The highest BCUT2D eigenvalue weighted by Crippen LogP contribution is 2.26. The van der Waals surface area contributed by atoms with Gasteiger partial charge in [-0.2, -0.15) is 4.80 Å². The molecule has 1 atom stereocenters. The van der Waals surface area contributed by atoms with Crippen LogP contribution in [0.3, 0.4) is 0 Å². The van der Waals surface area contributed by atoms with Crippen LogP contribution in [0.1, 0.15) is 46.3 Å². The second-order valence-corrected chi connectivity index (χ2v) is 9.08. The largest absolute Gasteiger partial charge is 0.459 e. The number of benzene rings is 2. The molecule has 4 rings (SSSR count). The quantitative estimate of drug-likeness (QED) is 0.384. The number of esters is 1. The summed E-state index contributed by atoms with van der Waals surface area (Å²) in [4.78, 5) is 27.3. The summed E-state index contributed by atoms with van der Waals surface area (Å²) in [7, 11) is 0. The molecule has 1 N–H and O–H groups in total. The first-order valence-corrected chi connectivity index (χ1v) is 11.8. The van der Waals surface area contributed by atoms with Crippen LogP contribution in [-0.4, -0.2) is 38.2 Å². The molecule has 0 fully saturated rings. The van der Waals surface area contributed by atoms with Crippen LogP contribution in [0.2, 0.25) is 0 Å². The molecule has 0 saturated carbocycles. The van der Waals surface area contributed by atoms with Crippen molar-refractivity contribution in [1.29, 1.82) is 0 Å². The summed E-state index contributed by atoms with van der Waals surface area (Å²) >= 11 is 1.58. The molecule has 0 aliphatic carbocycles. The number of aryl methyl sites for hydroxylation is 1. The number of aromatic nitrogens is 4. The van der Waals surface area contributed by atoms with E-state index in [0.29, 0.717) is 17.0 Å². The van der Waals surface area contributed by atoms with E-state index >= 15 is 0 Å². The zero-order chi connectivity index (χ0) is 24.1. The normalized spacial score (nSPS) is 11.9. The van der Waals surface area contributed by atoms with Crippen LogP contribution < -0.4 is 5.32 Å². The number of carbonyl (C=O) groups excluding carboxylic acids is 2. The van der Waals surface area contributed by atoms with Gasteiger partial charge >= 0.3 is 5.97 Å². The maximum atomic E-state index is 12.9. The Hall–Kier alpha value is -3.85. The highest BCUT2D eigenvalue weighted by atomic mass is 32.1. The van der Waals surface area contributed by atoms with E-state index in [0.717, 1.165) is 16.0 Å². The van der Waals surface area contributed by atoms with Crippen LogP contribution in [0.15, 0.2) is 66.0 Å². The Morgan fingerprint density at radius 1 is 1.09 bits per heavy atom. The maximum absolute atomic E-state index is 12.9.